The number of hydrogen-bond acceptors (Lipinski definition) is 7. The number of benzene rings is 3. The summed E-state index contributed by atoms with van der Waals surface area (Å²) in [5.41, 5.74) is 2.40. The number of nitrogens with one attached hydrogen (secondary N) is 4. The minimum atomic E-state index is -1.08. The van der Waals surface area contributed by atoms with Crippen LogP contribution in [0.2, 0.25) is 0 Å². The molecule has 0 aromatic heterocycles. The summed E-state index contributed by atoms with van der Waals surface area (Å²) in [7, 11) is 2.98. The van der Waals surface area contributed by atoms with Gasteiger partial charge in [-0.3, -0.25) is 14.4 Å². The van der Waals surface area contributed by atoms with Gasteiger partial charge in [-0.05, 0) is 86.7 Å². The summed E-state index contributed by atoms with van der Waals surface area (Å²) in [5, 5.41) is 21.3. The summed E-state index contributed by atoms with van der Waals surface area (Å²) in [5.74, 6) is -1.35. The first kappa shape index (κ1) is 36.4. The monoisotopic (exact) mass is 646 g/mol. The molecular formula is C36H46N4O7. The predicted molar refractivity (Wildman–Crippen MR) is 183 cm³/mol. The van der Waals surface area contributed by atoms with Crippen LogP contribution in [0.3, 0.4) is 0 Å². The fraction of sp³-hybridized carbons (Fsp3) is 0.389. The third-order valence-electron chi connectivity index (χ3n) is 7.75. The summed E-state index contributed by atoms with van der Waals surface area (Å²) in [6.45, 7) is 9.34. The van der Waals surface area contributed by atoms with E-state index in [0.717, 1.165) is 5.56 Å². The first-order chi connectivity index (χ1) is 22.2. The van der Waals surface area contributed by atoms with Crippen molar-refractivity contribution in [2.75, 3.05) is 30.2 Å². The summed E-state index contributed by atoms with van der Waals surface area (Å²) in [4.78, 5) is 51.5. The molecule has 3 aromatic carbocycles. The number of aryl methyl sites for hydroxylation is 1. The second-order valence-corrected chi connectivity index (χ2v) is 12.4. The highest BCUT2D eigenvalue weighted by molar-refractivity contribution is 6.00. The van der Waals surface area contributed by atoms with Gasteiger partial charge < -0.3 is 35.8 Å². The average Bonchev–Trinajstić information content (AvgIpc) is 3.01. The molecule has 0 aliphatic carbocycles. The van der Waals surface area contributed by atoms with Gasteiger partial charge in [0.05, 0.1) is 32.2 Å². The van der Waals surface area contributed by atoms with Gasteiger partial charge in [-0.1, -0.05) is 38.1 Å². The Kier molecular flexibility index (Phi) is 12.8. The zero-order valence-electron chi connectivity index (χ0n) is 28.1. The number of carboxylic acid groups (broad SMARTS) is 1. The molecule has 0 radical (unpaired) electrons. The number of carbonyl (C=O) groups excluding carboxylic acids is 3. The molecule has 11 heteroatoms. The molecule has 0 aliphatic heterocycles. The highest BCUT2D eigenvalue weighted by Crippen LogP contribution is 2.32. The van der Waals surface area contributed by atoms with E-state index in [1.54, 1.807) is 56.3 Å². The van der Waals surface area contributed by atoms with Crippen molar-refractivity contribution in [2.24, 2.45) is 11.8 Å². The molecule has 47 heavy (non-hydrogen) atoms. The number of methoxy groups -OCH3 is 2. The van der Waals surface area contributed by atoms with Crippen LogP contribution < -0.4 is 30.7 Å². The van der Waals surface area contributed by atoms with E-state index in [-0.39, 0.29) is 30.6 Å². The van der Waals surface area contributed by atoms with Crippen molar-refractivity contribution in [1.29, 1.82) is 0 Å². The molecule has 0 aliphatic rings. The minimum Gasteiger partial charge on any atom is -0.493 e. The molecule has 0 saturated heterocycles. The number of carbonyl (C=O) groups is 4. The van der Waals surface area contributed by atoms with Gasteiger partial charge in [0, 0.05) is 29.4 Å². The van der Waals surface area contributed by atoms with Crippen LogP contribution in [0.25, 0.3) is 0 Å². The van der Waals surface area contributed by atoms with Crippen LogP contribution in [0.15, 0.2) is 66.7 Å². The largest absolute Gasteiger partial charge is 0.493 e. The molecule has 2 unspecified atom stereocenters. The number of anilines is 3. The maximum atomic E-state index is 13.6. The molecule has 0 fully saturated rings. The van der Waals surface area contributed by atoms with E-state index < -0.39 is 29.4 Å². The van der Waals surface area contributed by atoms with E-state index in [2.05, 4.69) is 21.3 Å². The Bertz CT molecular complexity index is 1550. The van der Waals surface area contributed by atoms with Crippen molar-refractivity contribution >= 4 is 40.8 Å². The van der Waals surface area contributed by atoms with Crippen LogP contribution >= 0.6 is 0 Å². The first-order valence-corrected chi connectivity index (χ1v) is 15.5. The van der Waals surface area contributed by atoms with Crippen molar-refractivity contribution in [3.05, 3.63) is 77.9 Å². The van der Waals surface area contributed by atoms with Crippen LogP contribution in [0.1, 0.15) is 64.1 Å². The lowest BCUT2D eigenvalue weighted by molar-refractivity contribution is -0.138. The molecule has 3 aromatic rings. The molecule has 5 N–H and O–H groups in total. The standard InChI is InChI=1S/C36H46N4O7/c1-22(2)18-25(34(44)38-29(21-33(42)43)24-12-17-30(46-6)31(19-24)47-7)20-32(41)36(4,5)40-27-15-13-26(14-16-27)37-35(45)39-28-11-9-8-10-23(28)3/h8-17,19,22,25,29,40H,18,20-21H2,1-7H3,(H,38,44)(H,42,43)(H2,37,39,45). The smallest absolute Gasteiger partial charge is 0.323 e. The summed E-state index contributed by atoms with van der Waals surface area (Å²) in [6, 6.07) is 18.2. The lowest BCUT2D eigenvalue weighted by Gasteiger charge is -2.29. The van der Waals surface area contributed by atoms with E-state index in [9.17, 15) is 24.3 Å². The third kappa shape index (κ3) is 10.8. The first-order valence-electron chi connectivity index (χ1n) is 15.5. The van der Waals surface area contributed by atoms with Crippen LogP contribution in [0, 0.1) is 18.8 Å². The van der Waals surface area contributed by atoms with E-state index in [4.69, 9.17) is 9.47 Å². The number of para-hydroxylation sites is 1. The van der Waals surface area contributed by atoms with E-state index in [0.29, 0.717) is 40.5 Å². The number of ether oxygens (including phenoxy) is 2. The topological polar surface area (TPSA) is 155 Å². The number of ketones is 1. The quantitative estimate of drug-likeness (QED) is 0.114. The van der Waals surface area contributed by atoms with Crippen molar-refractivity contribution < 1.29 is 33.8 Å². The van der Waals surface area contributed by atoms with E-state index >= 15 is 0 Å². The third-order valence-corrected chi connectivity index (χ3v) is 7.75. The highest BCUT2D eigenvalue weighted by atomic mass is 16.5. The molecule has 3 rings (SSSR count). The number of rotatable bonds is 16. The Morgan fingerprint density at radius 3 is 2.06 bits per heavy atom. The van der Waals surface area contributed by atoms with Gasteiger partial charge in [-0.2, -0.15) is 0 Å². The summed E-state index contributed by atoms with van der Waals surface area (Å²) < 4.78 is 10.7. The van der Waals surface area contributed by atoms with Crippen molar-refractivity contribution in [3.63, 3.8) is 0 Å². The predicted octanol–water partition coefficient (Wildman–Crippen LogP) is 6.80. The number of carboxylic acids is 1. The zero-order valence-corrected chi connectivity index (χ0v) is 28.1. The van der Waals surface area contributed by atoms with Crippen molar-refractivity contribution in [3.8, 4) is 11.5 Å². The fourth-order valence-corrected chi connectivity index (χ4v) is 5.18. The zero-order chi connectivity index (χ0) is 34.7. The van der Waals surface area contributed by atoms with E-state index in [1.165, 1.54) is 14.2 Å². The fourth-order valence-electron chi connectivity index (χ4n) is 5.18. The number of hydrogen-bond donors (Lipinski definition) is 5. The van der Waals surface area contributed by atoms with Crippen LogP contribution in [0.5, 0.6) is 11.5 Å². The van der Waals surface area contributed by atoms with Gasteiger partial charge in [0.15, 0.2) is 17.3 Å². The maximum Gasteiger partial charge on any atom is 0.323 e. The molecule has 0 saturated carbocycles. The SMILES string of the molecule is COc1ccc(C(CC(=O)O)NC(=O)C(CC(=O)C(C)(C)Nc2ccc(NC(=O)Nc3ccccc3C)cc2)CC(C)C)cc1OC. The second kappa shape index (κ2) is 16.5. The van der Waals surface area contributed by atoms with Crippen LogP contribution in [0.4, 0.5) is 21.9 Å². The lowest BCUT2D eigenvalue weighted by Crippen LogP contribution is -2.44. The molecule has 0 bridgehead atoms. The molecule has 0 heterocycles. The Balaban J connectivity index is 1.68. The van der Waals surface area contributed by atoms with Gasteiger partial charge in [-0.15, -0.1) is 0 Å². The van der Waals surface area contributed by atoms with Crippen LogP contribution in [-0.4, -0.2) is 48.6 Å². The minimum absolute atomic E-state index is 0.0472. The van der Waals surface area contributed by atoms with Crippen LogP contribution in [-0.2, 0) is 14.4 Å². The maximum absolute atomic E-state index is 13.6. The van der Waals surface area contributed by atoms with E-state index in [1.807, 2.05) is 45.0 Å². The van der Waals surface area contributed by atoms with Gasteiger partial charge in [0.2, 0.25) is 5.91 Å². The Labute approximate surface area is 276 Å². The number of urea groups is 1. The Hall–Kier alpha value is -5.06. The lowest BCUT2D eigenvalue weighted by atomic mass is 9.85. The van der Waals surface area contributed by atoms with Gasteiger partial charge >= 0.3 is 12.0 Å². The van der Waals surface area contributed by atoms with Gasteiger partial charge in [-0.25, -0.2) is 4.79 Å². The van der Waals surface area contributed by atoms with Crippen molar-refractivity contribution in [1.82, 2.24) is 5.32 Å². The number of amides is 3. The Morgan fingerprint density at radius 1 is 0.830 bits per heavy atom. The highest BCUT2D eigenvalue weighted by Gasteiger charge is 2.33. The molecule has 2 atom stereocenters. The van der Waals surface area contributed by atoms with Gasteiger partial charge in [0.1, 0.15) is 0 Å². The molecule has 0 spiro atoms. The Morgan fingerprint density at radius 2 is 1.47 bits per heavy atom. The molecule has 252 valence electrons. The normalized spacial score (nSPS) is 12.4. The molecular weight excluding hydrogens is 600 g/mol. The average molecular weight is 647 g/mol. The number of aliphatic carboxylic acids is 1. The number of Topliss-reactive ketones (excluding diaryl/α,β-unsaturated/α-hetero) is 1. The molecule has 11 nitrogen and oxygen atoms in total. The summed E-state index contributed by atoms with van der Waals surface area (Å²) in [6.07, 6.45) is 0.0355. The van der Waals surface area contributed by atoms with Crippen molar-refractivity contribution in [2.45, 2.75) is 65.5 Å². The summed E-state index contributed by atoms with van der Waals surface area (Å²) >= 11 is 0. The second-order valence-electron chi connectivity index (χ2n) is 12.4. The molecule has 3 amide bonds. The van der Waals surface area contributed by atoms with Gasteiger partial charge in [0.25, 0.3) is 0 Å².